The minimum atomic E-state index is -0.0845. The Labute approximate surface area is 77.4 Å². The van der Waals surface area contributed by atoms with Crippen molar-refractivity contribution in [2.45, 2.75) is 0 Å². The summed E-state index contributed by atoms with van der Waals surface area (Å²) < 4.78 is 0. The van der Waals surface area contributed by atoms with E-state index in [0.717, 1.165) is 0 Å². The van der Waals surface area contributed by atoms with E-state index in [-0.39, 0.29) is 21.4 Å². The van der Waals surface area contributed by atoms with Crippen molar-refractivity contribution in [1.29, 1.82) is 0 Å². The number of nitrogens with zero attached hydrogens (tertiary/aromatic N) is 2. The van der Waals surface area contributed by atoms with Gasteiger partial charge in [0.05, 0.1) is 5.02 Å². The van der Waals surface area contributed by atoms with Gasteiger partial charge in [0.25, 0.3) is 0 Å². The van der Waals surface area contributed by atoms with E-state index in [0.29, 0.717) is 0 Å². The highest BCUT2D eigenvalue weighted by molar-refractivity contribution is 6.37. The summed E-state index contributed by atoms with van der Waals surface area (Å²) in [7, 11) is 0. The Morgan fingerprint density at radius 1 is 1.00 bits per heavy atom. The number of benzene rings is 1. The number of hydrogen-bond donors (Lipinski definition) is 0. The van der Waals surface area contributed by atoms with E-state index in [4.69, 9.17) is 23.2 Å². The zero-order valence-corrected chi connectivity index (χ0v) is 7.13. The van der Waals surface area contributed by atoms with Gasteiger partial charge in [0.2, 0.25) is 0 Å². The first-order valence-electron chi connectivity index (χ1n) is 2.85. The van der Waals surface area contributed by atoms with Crippen LogP contribution < -0.4 is 0 Å². The summed E-state index contributed by atoms with van der Waals surface area (Å²) in [6.07, 6.45) is 0. The highest BCUT2D eigenvalue weighted by Gasteiger charge is 2.08. The van der Waals surface area contributed by atoms with Gasteiger partial charge in [-0.2, -0.15) is 0 Å². The van der Waals surface area contributed by atoms with Gasteiger partial charge >= 0.3 is 0 Å². The van der Waals surface area contributed by atoms with Crippen molar-refractivity contribution in [2.75, 3.05) is 0 Å². The van der Waals surface area contributed by atoms with Gasteiger partial charge in [-0.3, -0.25) is 0 Å². The molecule has 0 atom stereocenters. The van der Waals surface area contributed by atoms with Crippen molar-refractivity contribution in [1.82, 2.24) is 0 Å². The normalized spacial score (nSPS) is 9.50. The van der Waals surface area contributed by atoms with Crippen molar-refractivity contribution >= 4 is 34.6 Å². The van der Waals surface area contributed by atoms with Gasteiger partial charge in [0.1, 0.15) is 11.4 Å². The highest BCUT2D eigenvalue weighted by atomic mass is 35.5. The van der Waals surface area contributed by atoms with Crippen molar-refractivity contribution < 1.29 is 0 Å². The SMILES string of the molecule is O=Nc1cc(Cl)cc(N=O)c1Cl. The van der Waals surface area contributed by atoms with Gasteiger partial charge < -0.3 is 0 Å². The van der Waals surface area contributed by atoms with Crippen LogP contribution in [0.4, 0.5) is 11.4 Å². The molecule has 0 aliphatic heterocycles. The third-order valence-corrected chi connectivity index (χ3v) is 1.80. The molecule has 0 fully saturated rings. The zero-order valence-electron chi connectivity index (χ0n) is 5.62. The Morgan fingerprint density at radius 2 is 1.42 bits per heavy atom. The quantitative estimate of drug-likeness (QED) is 0.689. The fraction of sp³-hybridized carbons (Fsp3) is 0. The second-order valence-corrected chi connectivity index (χ2v) is 2.75. The van der Waals surface area contributed by atoms with Crippen molar-refractivity contribution in [3.63, 3.8) is 0 Å². The first-order valence-corrected chi connectivity index (χ1v) is 3.60. The largest absolute Gasteiger partial charge is 0.145 e. The predicted octanol–water partition coefficient (Wildman–Crippen LogP) is 3.79. The third kappa shape index (κ3) is 1.60. The minimum Gasteiger partial charge on any atom is -0.145 e. The van der Waals surface area contributed by atoms with Gasteiger partial charge in [0.15, 0.2) is 0 Å². The minimum absolute atomic E-state index is 0.0793. The van der Waals surface area contributed by atoms with E-state index in [1.165, 1.54) is 12.1 Å². The average molecular weight is 205 g/mol. The third-order valence-electron chi connectivity index (χ3n) is 1.20. The molecule has 1 aromatic carbocycles. The van der Waals surface area contributed by atoms with Gasteiger partial charge in [-0.25, -0.2) is 0 Å². The van der Waals surface area contributed by atoms with Crippen LogP contribution in [0.2, 0.25) is 10.0 Å². The lowest BCUT2D eigenvalue weighted by Crippen LogP contribution is -1.70. The molecule has 0 spiro atoms. The van der Waals surface area contributed by atoms with E-state index < -0.39 is 0 Å². The lowest BCUT2D eigenvalue weighted by molar-refractivity contribution is 1.44. The van der Waals surface area contributed by atoms with Crippen LogP contribution >= 0.6 is 23.2 Å². The first kappa shape index (κ1) is 9.09. The van der Waals surface area contributed by atoms with Gasteiger partial charge in [-0.1, -0.05) is 23.2 Å². The molecule has 0 unspecified atom stereocenters. The Kier molecular flexibility index (Phi) is 2.73. The summed E-state index contributed by atoms with van der Waals surface area (Å²) in [6.45, 7) is 0. The van der Waals surface area contributed by atoms with Crippen LogP contribution in [0.25, 0.3) is 0 Å². The Morgan fingerprint density at radius 3 is 1.75 bits per heavy atom. The van der Waals surface area contributed by atoms with Crippen LogP contribution in [0.15, 0.2) is 22.5 Å². The Hall–Kier alpha value is -1.00. The van der Waals surface area contributed by atoms with E-state index >= 15 is 0 Å². The van der Waals surface area contributed by atoms with Crippen molar-refractivity contribution in [3.05, 3.63) is 32.0 Å². The molecule has 1 rings (SSSR count). The van der Waals surface area contributed by atoms with Gasteiger partial charge in [-0.05, 0) is 22.5 Å². The van der Waals surface area contributed by atoms with Crippen LogP contribution in [-0.4, -0.2) is 0 Å². The maximum absolute atomic E-state index is 10.1. The average Bonchev–Trinajstić information content (AvgIpc) is 2.08. The molecule has 1 aromatic rings. The van der Waals surface area contributed by atoms with Crippen LogP contribution in [0.5, 0.6) is 0 Å². The molecule has 0 N–H and O–H groups in total. The second kappa shape index (κ2) is 3.60. The number of halogens is 2. The molecule has 0 heterocycles. The second-order valence-electron chi connectivity index (χ2n) is 1.94. The fourth-order valence-corrected chi connectivity index (χ4v) is 1.08. The molecule has 4 nitrogen and oxygen atoms in total. The lowest BCUT2D eigenvalue weighted by Gasteiger charge is -1.97. The molecule has 6 heteroatoms. The Bertz CT molecular complexity index is 311. The number of hydrogen-bond acceptors (Lipinski definition) is 4. The monoisotopic (exact) mass is 204 g/mol. The van der Waals surface area contributed by atoms with Crippen molar-refractivity contribution in [2.24, 2.45) is 10.4 Å². The maximum Gasteiger partial charge on any atom is 0.130 e. The fourth-order valence-electron chi connectivity index (χ4n) is 0.694. The van der Waals surface area contributed by atoms with Crippen LogP contribution in [0, 0.1) is 9.81 Å². The summed E-state index contributed by atoms with van der Waals surface area (Å²) in [5.41, 5.74) is -0.169. The molecule has 0 bridgehead atoms. The molecule has 12 heavy (non-hydrogen) atoms. The molecule has 0 aliphatic rings. The number of rotatable bonds is 2. The van der Waals surface area contributed by atoms with Crippen LogP contribution in [0.3, 0.4) is 0 Å². The molecule has 0 saturated heterocycles. The number of nitroso groups, excluding NO2 is 2. The summed E-state index contributed by atoms with van der Waals surface area (Å²) in [5.74, 6) is 0. The summed E-state index contributed by atoms with van der Waals surface area (Å²) in [5, 5.41) is 5.27. The zero-order chi connectivity index (χ0) is 9.14. The smallest absolute Gasteiger partial charge is 0.130 e. The van der Waals surface area contributed by atoms with Crippen LogP contribution in [-0.2, 0) is 0 Å². The first-order chi connectivity index (χ1) is 5.69. The molecule has 0 aromatic heterocycles. The van der Waals surface area contributed by atoms with E-state index in [2.05, 4.69) is 10.4 Å². The summed E-state index contributed by atoms with van der Waals surface area (Å²) in [4.78, 5) is 20.2. The Balaban J connectivity index is 3.41. The molecule has 0 amide bonds. The maximum atomic E-state index is 10.1. The molecule has 62 valence electrons. The standard InChI is InChI=1S/C6H2Cl2N2O2/c7-3-1-4(9-11)6(8)5(2-3)10-12/h1-2H. The van der Waals surface area contributed by atoms with E-state index in [1.807, 2.05) is 0 Å². The van der Waals surface area contributed by atoms with E-state index in [9.17, 15) is 9.81 Å². The van der Waals surface area contributed by atoms with Gasteiger partial charge in [-0.15, -0.1) is 9.81 Å². The summed E-state index contributed by atoms with van der Waals surface area (Å²) in [6, 6.07) is 2.51. The summed E-state index contributed by atoms with van der Waals surface area (Å²) >= 11 is 11.1. The topological polar surface area (TPSA) is 58.9 Å². The van der Waals surface area contributed by atoms with Crippen molar-refractivity contribution in [3.8, 4) is 0 Å². The molecule has 0 radical (unpaired) electrons. The van der Waals surface area contributed by atoms with Gasteiger partial charge in [0, 0.05) is 5.02 Å². The molecular weight excluding hydrogens is 203 g/mol. The van der Waals surface area contributed by atoms with Crippen LogP contribution in [0.1, 0.15) is 0 Å². The molecule has 0 saturated carbocycles. The lowest BCUT2D eigenvalue weighted by atomic mass is 10.3. The van der Waals surface area contributed by atoms with E-state index in [1.54, 1.807) is 0 Å². The molecule has 0 aliphatic carbocycles. The highest BCUT2D eigenvalue weighted by Crippen LogP contribution is 2.36. The predicted molar refractivity (Wildman–Crippen MR) is 47.4 cm³/mol. The molecular formula is C6H2Cl2N2O2.